The monoisotopic (exact) mass is 496 g/mol. The first-order chi connectivity index (χ1) is 16.9. The van der Waals surface area contributed by atoms with Crippen LogP contribution in [0.3, 0.4) is 0 Å². The molecule has 182 valence electrons. The second kappa shape index (κ2) is 10.9. The topological polar surface area (TPSA) is 84.0 Å². The summed E-state index contributed by atoms with van der Waals surface area (Å²) in [7, 11) is 0. The van der Waals surface area contributed by atoms with Crippen molar-refractivity contribution in [1.82, 2.24) is 9.80 Å². The van der Waals surface area contributed by atoms with Crippen LogP contribution in [-0.2, 0) is 20.9 Å². The summed E-state index contributed by atoms with van der Waals surface area (Å²) in [6, 6.07) is 12.4. The van der Waals surface area contributed by atoms with Crippen molar-refractivity contribution in [2.45, 2.75) is 26.3 Å². The van der Waals surface area contributed by atoms with Gasteiger partial charge in [-0.1, -0.05) is 24.3 Å². The fraction of sp³-hybridized carbons (Fsp3) is 0.308. The number of esters is 1. The maximum atomic E-state index is 13.1. The van der Waals surface area contributed by atoms with Crippen LogP contribution in [0.4, 0.5) is 9.18 Å². The van der Waals surface area contributed by atoms with Gasteiger partial charge in [0, 0.05) is 18.7 Å². The molecule has 3 amide bonds. The maximum Gasteiger partial charge on any atom is 0.310 e. The summed E-state index contributed by atoms with van der Waals surface area (Å²) < 4.78 is 18.2. The van der Waals surface area contributed by atoms with Crippen molar-refractivity contribution in [2.24, 2.45) is 5.92 Å². The van der Waals surface area contributed by atoms with Crippen LogP contribution in [0.5, 0.6) is 0 Å². The van der Waals surface area contributed by atoms with Gasteiger partial charge in [0.1, 0.15) is 5.82 Å². The van der Waals surface area contributed by atoms with Crippen LogP contribution in [0, 0.1) is 11.7 Å². The maximum absolute atomic E-state index is 13.1. The number of halogens is 1. The Morgan fingerprint density at radius 1 is 1.11 bits per heavy atom. The molecule has 7 nitrogen and oxygen atoms in total. The van der Waals surface area contributed by atoms with Gasteiger partial charge < -0.3 is 9.64 Å². The molecule has 0 aliphatic carbocycles. The van der Waals surface area contributed by atoms with Crippen molar-refractivity contribution >= 4 is 40.9 Å². The molecule has 2 aliphatic rings. The van der Waals surface area contributed by atoms with E-state index in [1.165, 1.54) is 24.3 Å². The molecular formula is C26H25FN2O5S. The number of thioether (sulfide) groups is 1. The van der Waals surface area contributed by atoms with Gasteiger partial charge in [0.2, 0.25) is 0 Å². The Labute approximate surface area is 206 Å². The number of carbonyl (C=O) groups excluding carboxylic acids is 4. The highest BCUT2D eigenvalue weighted by Crippen LogP contribution is 2.33. The van der Waals surface area contributed by atoms with Gasteiger partial charge in [-0.3, -0.25) is 24.1 Å². The van der Waals surface area contributed by atoms with E-state index in [1.54, 1.807) is 42.2 Å². The predicted molar refractivity (Wildman–Crippen MR) is 130 cm³/mol. The first-order valence-electron chi connectivity index (χ1n) is 11.4. The molecule has 0 bridgehead atoms. The highest BCUT2D eigenvalue weighted by atomic mass is 32.2. The first kappa shape index (κ1) is 24.7. The number of imide groups is 1. The van der Waals surface area contributed by atoms with Crippen LogP contribution in [0.1, 0.15) is 41.3 Å². The zero-order chi connectivity index (χ0) is 24.9. The van der Waals surface area contributed by atoms with Crippen molar-refractivity contribution in [3.05, 3.63) is 75.9 Å². The Morgan fingerprint density at radius 3 is 2.51 bits per heavy atom. The number of benzene rings is 2. The van der Waals surface area contributed by atoms with Crippen LogP contribution in [-0.4, -0.2) is 52.5 Å². The smallest absolute Gasteiger partial charge is 0.310 e. The molecule has 0 saturated carbocycles. The molecule has 35 heavy (non-hydrogen) atoms. The van der Waals surface area contributed by atoms with Gasteiger partial charge in [0.15, 0.2) is 0 Å². The zero-order valence-corrected chi connectivity index (χ0v) is 20.1. The lowest BCUT2D eigenvalue weighted by atomic mass is 9.97. The van der Waals surface area contributed by atoms with E-state index in [4.69, 9.17) is 4.74 Å². The molecule has 0 N–H and O–H groups in total. The van der Waals surface area contributed by atoms with E-state index in [0.717, 1.165) is 23.1 Å². The molecule has 4 rings (SSSR count). The number of likely N-dealkylation sites (tertiary alicyclic amines) is 1. The quantitative estimate of drug-likeness (QED) is 0.433. The van der Waals surface area contributed by atoms with E-state index in [-0.39, 0.29) is 35.1 Å². The average Bonchev–Trinajstić information content (AvgIpc) is 3.13. The van der Waals surface area contributed by atoms with E-state index in [2.05, 4.69) is 0 Å². The minimum absolute atomic E-state index is 0.0678. The second-order valence-corrected chi connectivity index (χ2v) is 9.35. The van der Waals surface area contributed by atoms with E-state index in [9.17, 15) is 23.6 Å². The largest absolute Gasteiger partial charge is 0.466 e. The molecule has 2 aliphatic heterocycles. The van der Waals surface area contributed by atoms with Gasteiger partial charge in [-0.15, -0.1) is 0 Å². The number of hydrogen-bond donors (Lipinski definition) is 0. The lowest BCUT2D eigenvalue weighted by Gasteiger charge is -2.31. The van der Waals surface area contributed by atoms with Crippen molar-refractivity contribution in [1.29, 1.82) is 0 Å². The first-order valence-corrected chi connectivity index (χ1v) is 12.2. The summed E-state index contributed by atoms with van der Waals surface area (Å²) in [6.45, 7) is 3.06. The van der Waals surface area contributed by atoms with E-state index in [1.807, 2.05) is 0 Å². The molecular weight excluding hydrogens is 471 g/mol. The lowest BCUT2D eigenvalue weighted by Crippen LogP contribution is -2.42. The third-order valence-corrected chi connectivity index (χ3v) is 6.82. The third-order valence-electron chi connectivity index (χ3n) is 5.91. The fourth-order valence-electron chi connectivity index (χ4n) is 4.08. The van der Waals surface area contributed by atoms with Crippen LogP contribution in [0.2, 0.25) is 0 Å². The standard InChI is InChI=1S/C26H25FN2O5S/c1-2-34-25(32)20-4-3-13-28(16-20)23(30)19-9-5-17(6-10-19)14-22-24(31)29(26(33)35-22)15-18-7-11-21(27)12-8-18/h5-12,14,20H,2-4,13,15-16H2,1H3/b22-14-/t20-/m0/s1. The normalized spacial score (nSPS) is 19.4. The highest BCUT2D eigenvalue weighted by molar-refractivity contribution is 8.18. The molecule has 2 aromatic rings. The van der Waals surface area contributed by atoms with E-state index in [0.29, 0.717) is 42.8 Å². The van der Waals surface area contributed by atoms with Crippen LogP contribution in [0.15, 0.2) is 53.4 Å². The van der Waals surface area contributed by atoms with E-state index >= 15 is 0 Å². The zero-order valence-electron chi connectivity index (χ0n) is 19.2. The van der Waals surface area contributed by atoms with Crippen molar-refractivity contribution in [3.8, 4) is 0 Å². The Morgan fingerprint density at radius 2 is 1.83 bits per heavy atom. The molecule has 2 aromatic carbocycles. The summed E-state index contributed by atoms with van der Waals surface area (Å²) in [5.74, 6) is -1.54. The summed E-state index contributed by atoms with van der Waals surface area (Å²) in [5.41, 5.74) is 1.81. The highest BCUT2D eigenvalue weighted by Gasteiger charge is 2.35. The molecule has 0 radical (unpaired) electrons. The van der Waals surface area contributed by atoms with Gasteiger partial charge in [-0.2, -0.15) is 0 Å². The summed E-state index contributed by atoms with van der Waals surface area (Å²) >= 11 is 0.845. The Hall–Kier alpha value is -3.46. The number of nitrogens with zero attached hydrogens (tertiary/aromatic N) is 2. The van der Waals surface area contributed by atoms with Crippen LogP contribution >= 0.6 is 11.8 Å². The number of amides is 3. The summed E-state index contributed by atoms with van der Waals surface area (Å²) in [4.78, 5) is 53.2. The van der Waals surface area contributed by atoms with Gasteiger partial charge >= 0.3 is 5.97 Å². The predicted octanol–water partition coefficient (Wildman–Crippen LogP) is 4.48. The van der Waals surface area contributed by atoms with Gasteiger partial charge in [-0.05, 0) is 73.0 Å². The number of carbonyl (C=O) groups is 4. The number of ether oxygens (including phenoxy) is 1. The van der Waals surface area contributed by atoms with Crippen molar-refractivity contribution in [2.75, 3.05) is 19.7 Å². The SMILES string of the molecule is CCOC(=O)[C@H]1CCCN(C(=O)c2ccc(/C=C3\SC(=O)N(Cc4ccc(F)cc4)C3=O)cc2)C1. The molecule has 9 heteroatoms. The molecule has 1 atom stereocenters. The van der Waals surface area contributed by atoms with Crippen molar-refractivity contribution in [3.63, 3.8) is 0 Å². The van der Waals surface area contributed by atoms with Crippen LogP contribution < -0.4 is 0 Å². The molecule has 2 saturated heterocycles. The molecule has 0 unspecified atom stereocenters. The molecule has 0 aromatic heterocycles. The minimum atomic E-state index is -0.414. The number of hydrogen-bond acceptors (Lipinski definition) is 6. The third kappa shape index (κ3) is 5.79. The summed E-state index contributed by atoms with van der Waals surface area (Å²) in [5, 5.41) is -0.390. The van der Waals surface area contributed by atoms with Crippen LogP contribution in [0.25, 0.3) is 6.08 Å². The minimum Gasteiger partial charge on any atom is -0.466 e. The Kier molecular flexibility index (Phi) is 7.65. The average molecular weight is 497 g/mol. The Balaban J connectivity index is 1.41. The van der Waals surface area contributed by atoms with E-state index < -0.39 is 11.1 Å². The van der Waals surface area contributed by atoms with Gasteiger partial charge in [-0.25, -0.2) is 4.39 Å². The fourth-order valence-corrected chi connectivity index (χ4v) is 4.92. The second-order valence-electron chi connectivity index (χ2n) is 8.36. The summed E-state index contributed by atoms with van der Waals surface area (Å²) in [6.07, 6.45) is 3.06. The van der Waals surface area contributed by atoms with Gasteiger partial charge in [0.05, 0.1) is 24.0 Å². The number of piperidine rings is 1. The molecule has 2 fully saturated rings. The Bertz CT molecular complexity index is 1160. The lowest BCUT2D eigenvalue weighted by molar-refractivity contribution is -0.149. The molecule has 0 spiro atoms. The number of rotatable bonds is 6. The molecule has 2 heterocycles. The van der Waals surface area contributed by atoms with Gasteiger partial charge in [0.25, 0.3) is 17.1 Å². The van der Waals surface area contributed by atoms with Crippen molar-refractivity contribution < 1.29 is 28.3 Å².